The third kappa shape index (κ3) is 53.5. The molecule has 11 heteroatoms. The zero-order valence-corrected chi connectivity index (χ0v) is 56.7. The van der Waals surface area contributed by atoms with Crippen LogP contribution in [-0.4, -0.2) is 100 Å². The molecule has 1 fully saturated rings. The Kier molecular flexibility index (Phi) is 61.5. The van der Waals surface area contributed by atoms with Crippen molar-refractivity contribution in [2.45, 2.75) is 371 Å². The molecule has 6 N–H and O–H groups in total. The second-order valence-electron chi connectivity index (χ2n) is 25.3. The Morgan fingerprint density at radius 2 is 0.818 bits per heavy atom. The summed E-state index contributed by atoms with van der Waals surface area (Å²) < 4.78 is 16.7. The third-order valence-corrected chi connectivity index (χ3v) is 17.0. The third-order valence-electron chi connectivity index (χ3n) is 17.0. The summed E-state index contributed by atoms with van der Waals surface area (Å²) in [6, 6.07) is -0.834. The van der Waals surface area contributed by atoms with Crippen LogP contribution >= 0.6 is 0 Å². The predicted octanol–water partition coefficient (Wildman–Crippen LogP) is 19.2. The lowest BCUT2D eigenvalue weighted by molar-refractivity contribution is -0.302. The molecule has 1 saturated heterocycles. The molecule has 0 bridgehead atoms. The number of allylic oxidation sites excluding steroid dienone is 13. The maximum absolute atomic E-state index is 13.0. The van der Waals surface area contributed by atoms with Gasteiger partial charge in [0.05, 0.1) is 32.0 Å². The Hall–Kier alpha value is -3.16. The summed E-state index contributed by atoms with van der Waals surface area (Å²) in [6.45, 7) is 4.08. The molecular weight excluding hydrogens is 1100 g/mol. The first-order chi connectivity index (χ1) is 43.2. The van der Waals surface area contributed by atoms with Crippen LogP contribution in [0.1, 0.15) is 328 Å². The molecule has 1 amide bonds. The van der Waals surface area contributed by atoms with Crippen LogP contribution < -0.4 is 5.32 Å². The van der Waals surface area contributed by atoms with Gasteiger partial charge >= 0.3 is 5.97 Å². The molecule has 88 heavy (non-hydrogen) atoms. The molecule has 1 rings (SSSR count). The van der Waals surface area contributed by atoms with E-state index in [1.54, 1.807) is 6.08 Å². The number of aliphatic hydroxyl groups excluding tert-OH is 5. The van der Waals surface area contributed by atoms with Gasteiger partial charge in [-0.05, 0) is 116 Å². The summed E-state index contributed by atoms with van der Waals surface area (Å²) >= 11 is 0. The van der Waals surface area contributed by atoms with Gasteiger partial charge in [-0.2, -0.15) is 0 Å². The summed E-state index contributed by atoms with van der Waals surface area (Å²) in [5.74, 6) is -0.199. The second kappa shape index (κ2) is 65.3. The second-order valence-corrected chi connectivity index (χ2v) is 25.3. The van der Waals surface area contributed by atoms with Gasteiger partial charge in [0, 0.05) is 12.8 Å². The summed E-state index contributed by atoms with van der Waals surface area (Å²) in [6.07, 6.45) is 80.6. The van der Waals surface area contributed by atoms with Crippen molar-refractivity contribution in [3.8, 4) is 0 Å². The van der Waals surface area contributed by atoms with Crippen LogP contribution in [0, 0.1) is 0 Å². The standard InChI is InChI=1S/C77H137NO10/c1-3-5-7-9-11-13-14-15-16-17-36-39-42-45-49-53-57-61-65-73(82)86-66-62-58-54-50-46-43-40-37-34-32-30-28-26-24-22-20-18-19-21-23-25-27-29-31-33-35-38-41-44-48-52-56-60-64-72(81)78-69(70(80)63-59-55-51-47-12-10-8-6-4-2)68-87-77-76(85)75(84)74(83)71(67-79)88-77/h4,6,12-14,16-17,22,24,28,30,47,59,63,69-71,74-77,79-80,83-85H,3,5,7-11,15,18-21,23,25-27,29,31-46,48-58,60-62,64-68H2,1-2H3,(H,78,81)/b6-4+,14-13-,17-16-,24-22-,30-28-,47-12+,63-59+. The van der Waals surface area contributed by atoms with E-state index in [0.29, 0.717) is 19.4 Å². The van der Waals surface area contributed by atoms with E-state index < -0.39 is 49.5 Å². The highest BCUT2D eigenvalue weighted by Crippen LogP contribution is 2.23. The monoisotopic (exact) mass is 1240 g/mol. The van der Waals surface area contributed by atoms with E-state index in [1.165, 1.54) is 225 Å². The van der Waals surface area contributed by atoms with Crippen LogP contribution in [0.3, 0.4) is 0 Å². The number of carbonyl (C=O) groups excluding carboxylic acids is 2. The minimum atomic E-state index is -1.58. The van der Waals surface area contributed by atoms with Gasteiger partial charge in [-0.3, -0.25) is 9.59 Å². The lowest BCUT2D eigenvalue weighted by Crippen LogP contribution is -2.60. The summed E-state index contributed by atoms with van der Waals surface area (Å²) in [4.78, 5) is 25.1. The van der Waals surface area contributed by atoms with Crippen LogP contribution in [0.4, 0.5) is 0 Å². The number of hydrogen-bond donors (Lipinski definition) is 6. The average molecular weight is 1240 g/mol. The van der Waals surface area contributed by atoms with Crippen LogP contribution in [0.2, 0.25) is 0 Å². The fourth-order valence-electron chi connectivity index (χ4n) is 11.2. The quantitative estimate of drug-likeness (QED) is 0.0195. The van der Waals surface area contributed by atoms with E-state index >= 15 is 0 Å². The molecule has 0 aromatic carbocycles. The summed E-state index contributed by atoms with van der Waals surface area (Å²) in [7, 11) is 0. The van der Waals surface area contributed by atoms with E-state index in [-0.39, 0.29) is 18.5 Å². The molecule has 11 nitrogen and oxygen atoms in total. The number of rotatable bonds is 64. The van der Waals surface area contributed by atoms with E-state index in [9.17, 15) is 35.1 Å². The highest BCUT2D eigenvalue weighted by atomic mass is 16.7. The molecule has 0 aromatic heterocycles. The van der Waals surface area contributed by atoms with E-state index in [4.69, 9.17) is 14.2 Å². The van der Waals surface area contributed by atoms with Gasteiger partial charge in [-0.15, -0.1) is 0 Å². The van der Waals surface area contributed by atoms with Crippen LogP contribution in [-0.2, 0) is 23.8 Å². The van der Waals surface area contributed by atoms with Gasteiger partial charge in [0.25, 0.3) is 0 Å². The number of unbranched alkanes of at least 4 members (excludes halogenated alkanes) is 39. The van der Waals surface area contributed by atoms with Crippen molar-refractivity contribution in [3.05, 3.63) is 85.1 Å². The first-order valence-electron chi connectivity index (χ1n) is 36.8. The van der Waals surface area contributed by atoms with Crippen molar-refractivity contribution in [2.75, 3.05) is 19.8 Å². The number of nitrogens with one attached hydrogen (secondary N) is 1. The van der Waals surface area contributed by atoms with Crippen molar-refractivity contribution < 1.29 is 49.3 Å². The zero-order valence-electron chi connectivity index (χ0n) is 56.7. The largest absolute Gasteiger partial charge is 0.466 e. The maximum Gasteiger partial charge on any atom is 0.305 e. The Balaban J connectivity index is 1.90. The number of carbonyl (C=O) groups is 2. The molecule has 0 radical (unpaired) electrons. The average Bonchev–Trinajstić information content (AvgIpc) is 2.89. The molecule has 0 aromatic rings. The van der Waals surface area contributed by atoms with Crippen molar-refractivity contribution in [1.29, 1.82) is 0 Å². The lowest BCUT2D eigenvalue weighted by atomic mass is 9.99. The van der Waals surface area contributed by atoms with Crippen molar-refractivity contribution >= 4 is 11.9 Å². The Morgan fingerprint density at radius 3 is 1.25 bits per heavy atom. The number of aliphatic hydroxyl groups is 5. The van der Waals surface area contributed by atoms with E-state index in [0.717, 1.165) is 77.0 Å². The molecule has 1 aliphatic heterocycles. The smallest absolute Gasteiger partial charge is 0.305 e. The zero-order chi connectivity index (χ0) is 63.7. The van der Waals surface area contributed by atoms with E-state index in [1.807, 2.05) is 19.1 Å². The SMILES string of the molecule is C/C=C/CC/C=C/CC/C=C/C(O)C(COC1OC(CO)C(O)C(O)C1O)NC(=O)CCCCCCCCCCCCCCCCCCC/C=C\C/C=C\CCCCCCCCCCCOC(=O)CCCCCCCCC/C=C\C/C=C\CCCCCC. The molecule has 1 heterocycles. The first-order valence-corrected chi connectivity index (χ1v) is 36.8. The van der Waals surface area contributed by atoms with Gasteiger partial charge in [0.2, 0.25) is 5.91 Å². The molecule has 7 unspecified atom stereocenters. The molecule has 0 spiro atoms. The highest BCUT2D eigenvalue weighted by molar-refractivity contribution is 5.76. The molecule has 0 aliphatic carbocycles. The van der Waals surface area contributed by atoms with Crippen molar-refractivity contribution in [2.24, 2.45) is 0 Å². The molecule has 7 atom stereocenters. The van der Waals surface area contributed by atoms with Crippen LogP contribution in [0.15, 0.2) is 85.1 Å². The Bertz CT molecular complexity index is 1740. The number of ether oxygens (including phenoxy) is 3. The van der Waals surface area contributed by atoms with Gasteiger partial charge in [0.1, 0.15) is 24.4 Å². The fraction of sp³-hybridized carbons (Fsp3) is 0.792. The van der Waals surface area contributed by atoms with E-state index in [2.05, 4.69) is 79.1 Å². The van der Waals surface area contributed by atoms with Crippen LogP contribution in [0.5, 0.6) is 0 Å². The number of esters is 1. The Labute approximate surface area is 540 Å². The predicted molar refractivity (Wildman–Crippen MR) is 370 cm³/mol. The molecule has 510 valence electrons. The van der Waals surface area contributed by atoms with Gasteiger partial charge in [-0.1, -0.05) is 285 Å². The highest BCUT2D eigenvalue weighted by Gasteiger charge is 2.44. The number of amides is 1. The van der Waals surface area contributed by atoms with Gasteiger partial charge < -0.3 is 45.1 Å². The topological polar surface area (TPSA) is 175 Å². The normalized spacial score (nSPS) is 18.3. The fourth-order valence-corrected chi connectivity index (χ4v) is 11.2. The van der Waals surface area contributed by atoms with Crippen LogP contribution in [0.25, 0.3) is 0 Å². The van der Waals surface area contributed by atoms with Crippen molar-refractivity contribution in [3.63, 3.8) is 0 Å². The minimum Gasteiger partial charge on any atom is -0.466 e. The summed E-state index contributed by atoms with van der Waals surface area (Å²) in [5, 5.41) is 54.2. The summed E-state index contributed by atoms with van der Waals surface area (Å²) in [5.41, 5.74) is 0. The molecular formula is C77H137NO10. The molecule has 1 aliphatic rings. The molecule has 0 saturated carbocycles. The van der Waals surface area contributed by atoms with Gasteiger partial charge in [0.15, 0.2) is 6.29 Å². The Morgan fingerprint density at radius 1 is 0.443 bits per heavy atom. The maximum atomic E-state index is 13.0. The van der Waals surface area contributed by atoms with Crippen molar-refractivity contribution in [1.82, 2.24) is 5.32 Å². The lowest BCUT2D eigenvalue weighted by Gasteiger charge is -2.40. The van der Waals surface area contributed by atoms with Gasteiger partial charge in [-0.25, -0.2) is 0 Å². The number of hydrogen-bond acceptors (Lipinski definition) is 10. The first kappa shape index (κ1) is 82.9. The minimum absolute atomic E-state index is 0.00138.